The molecule has 1 aromatic heterocycles. The summed E-state index contributed by atoms with van der Waals surface area (Å²) in [7, 11) is 0. The maximum absolute atomic E-state index is 11.4. The molecular weight excluding hydrogens is 220 g/mol. The summed E-state index contributed by atoms with van der Waals surface area (Å²) in [6, 6.07) is 0.271. The topological polar surface area (TPSA) is 80.0 Å². The quantitative estimate of drug-likeness (QED) is 0.775. The lowest BCUT2D eigenvalue weighted by molar-refractivity contribution is -0.112. The van der Waals surface area contributed by atoms with Crippen molar-refractivity contribution in [1.29, 1.82) is 0 Å². The Bertz CT molecular complexity index is 428. The second-order valence-corrected chi connectivity index (χ2v) is 4.31. The first-order chi connectivity index (χ1) is 8.15. The fourth-order valence-corrected chi connectivity index (χ4v) is 1.72. The predicted octanol–water partition coefficient (Wildman–Crippen LogP) is 1.40. The molecule has 0 bridgehead atoms. The summed E-state index contributed by atoms with van der Waals surface area (Å²) >= 11 is 0. The third kappa shape index (κ3) is 3.13. The van der Waals surface area contributed by atoms with Crippen molar-refractivity contribution in [2.75, 3.05) is 11.9 Å². The molecule has 1 saturated heterocycles. The first-order valence-electron chi connectivity index (χ1n) is 5.68. The molecule has 6 heteroatoms. The third-order valence-corrected chi connectivity index (χ3v) is 2.45. The summed E-state index contributed by atoms with van der Waals surface area (Å²) in [5, 5.41) is 13.5. The summed E-state index contributed by atoms with van der Waals surface area (Å²) in [4.78, 5) is 11.4. The smallest absolute Gasteiger partial charge is 0.322 e. The van der Waals surface area contributed by atoms with E-state index in [1.54, 1.807) is 0 Å². The van der Waals surface area contributed by atoms with Crippen LogP contribution in [0.3, 0.4) is 0 Å². The van der Waals surface area contributed by atoms with Crippen LogP contribution in [0.2, 0.25) is 0 Å². The first kappa shape index (κ1) is 11.8. The van der Waals surface area contributed by atoms with Gasteiger partial charge in [0, 0.05) is 6.08 Å². The van der Waals surface area contributed by atoms with Crippen LogP contribution in [0.25, 0.3) is 0 Å². The molecule has 0 spiro atoms. The molecule has 92 valence electrons. The number of hydrogen-bond acceptors (Lipinski definition) is 5. The molecule has 1 amide bonds. The lowest BCUT2D eigenvalue weighted by Crippen LogP contribution is -2.13. The number of nitrogens with one attached hydrogen (secondary N) is 2. The summed E-state index contributed by atoms with van der Waals surface area (Å²) < 4.78 is 5.37. The number of rotatable bonds is 3. The van der Waals surface area contributed by atoms with E-state index in [0.717, 1.165) is 25.0 Å². The second kappa shape index (κ2) is 5.09. The number of nitrogens with zero attached hydrogens (tertiary/aromatic N) is 2. The number of amides is 1. The van der Waals surface area contributed by atoms with Crippen molar-refractivity contribution in [3.63, 3.8) is 0 Å². The van der Waals surface area contributed by atoms with Crippen molar-refractivity contribution >= 4 is 11.9 Å². The number of carbonyl (C=O) groups is 1. The van der Waals surface area contributed by atoms with Gasteiger partial charge in [-0.1, -0.05) is 10.7 Å². The monoisotopic (exact) mass is 236 g/mol. The van der Waals surface area contributed by atoms with E-state index in [4.69, 9.17) is 4.42 Å². The molecule has 1 aliphatic rings. The van der Waals surface area contributed by atoms with Crippen molar-refractivity contribution < 1.29 is 9.21 Å². The van der Waals surface area contributed by atoms with Gasteiger partial charge in [-0.25, -0.2) is 0 Å². The van der Waals surface area contributed by atoms with E-state index in [2.05, 4.69) is 20.8 Å². The molecule has 17 heavy (non-hydrogen) atoms. The van der Waals surface area contributed by atoms with Crippen molar-refractivity contribution in [3.8, 4) is 0 Å². The molecule has 2 N–H and O–H groups in total. The Labute approximate surface area is 99.5 Å². The lowest BCUT2D eigenvalue weighted by Gasteiger charge is -2.02. The van der Waals surface area contributed by atoms with Crippen LogP contribution < -0.4 is 10.6 Å². The largest absolute Gasteiger partial charge is 0.406 e. The third-order valence-electron chi connectivity index (χ3n) is 2.45. The molecule has 0 saturated carbocycles. The summed E-state index contributed by atoms with van der Waals surface area (Å²) in [6.07, 6.45) is 3.58. The summed E-state index contributed by atoms with van der Waals surface area (Å²) in [6.45, 7) is 4.66. The van der Waals surface area contributed by atoms with Gasteiger partial charge in [0.05, 0.1) is 6.04 Å². The Kier molecular flexibility index (Phi) is 3.53. The van der Waals surface area contributed by atoms with Crippen LogP contribution in [-0.4, -0.2) is 22.6 Å². The summed E-state index contributed by atoms with van der Waals surface area (Å²) in [5.41, 5.74) is 0.916. The Morgan fingerprint density at radius 1 is 1.53 bits per heavy atom. The highest BCUT2D eigenvalue weighted by atomic mass is 16.4. The van der Waals surface area contributed by atoms with Gasteiger partial charge < -0.3 is 9.73 Å². The van der Waals surface area contributed by atoms with E-state index in [1.165, 1.54) is 6.08 Å². The van der Waals surface area contributed by atoms with Gasteiger partial charge in [0.25, 0.3) is 5.91 Å². The minimum Gasteiger partial charge on any atom is -0.406 e. The average molecular weight is 236 g/mol. The molecule has 2 rings (SSSR count). The predicted molar refractivity (Wildman–Crippen MR) is 62.3 cm³/mol. The van der Waals surface area contributed by atoms with Crippen LogP contribution in [0.15, 0.2) is 16.1 Å². The summed E-state index contributed by atoms with van der Waals surface area (Å²) in [5.74, 6) is 0.287. The zero-order chi connectivity index (χ0) is 12.3. The molecule has 0 aromatic carbocycles. The van der Waals surface area contributed by atoms with Crippen molar-refractivity contribution in [3.05, 3.63) is 17.5 Å². The highest BCUT2D eigenvalue weighted by Gasteiger charge is 2.22. The Balaban J connectivity index is 1.98. The molecule has 1 fully saturated rings. The van der Waals surface area contributed by atoms with E-state index < -0.39 is 0 Å². The number of aromatic nitrogens is 2. The molecule has 6 nitrogen and oxygen atoms in total. The van der Waals surface area contributed by atoms with Gasteiger partial charge in [0.1, 0.15) is 0 Å². The van der Waals surface area contributed by atoms with E-state index in [0.29, 0.717) is 5.89 Å². The lowest BCUT2D eigenvalue weighted by atomic mass is 10.2. The number of allylic oxidation sites excluding steroid dienone is 1. The van der Waals surface area contributed by atoms with Gasteiger partial charge in [-0.05, 0) is 33.2 Å². The fourth-order valence-electron chi connectivity index (χ4n) is 1.72. The fraction of sp³-hybridized carbons (Fsp3) is 0.545. The molecule has 1 atom stereocenters. The minimum absolute atomic E-state index is 0.122. The van der Waals surface area contributed by atoms with Gasteiger partial charge in [-0.3, -0.25) is 10.1 Å². The van der Waals surface area contributed by atoms with E-state index in [9.17, 15) is 4.79 Å². The molecule has 0 aliphatic carbocycles. The van der Waals surface area contributed by atoms with Crippen LogP contribution in [-0.2, 0) is 4.79 Å². The first-order valence-corrected chi connectivity index (χ1v) is 5.68. The van der Waals surface area contributed by atoms with Crippen molar-refractivity contribution in [2.24, 2.45) is 0 Å². The van der Waals surface area contributed by atoms with Crippen LogP contribution in [0.4, 0.5) is 6.01 Å². The average Bonchev–Trinajstić information content (AvgIpc) is 2.84. The number of hydrogen-bond donors (Lipinski definition) is 2. The minimum atomic E-state index is -0.250. The van der Waals surface area contributed by atoms with E-state index in [-0.39, 0.29) is 18.0 Å². The molecule has 2 heterocycles. The Morgan fingerprint density at radius 3 is 3.00 bits per heavy atom. The van der Waals surface area contributed by atoms with Crippen LogP contribution in [0.5, 0.6) is 0 Å². The highest BCUT2D eigenvalue weighted by Crippen LogP contribution is 2.22. The van der Waals surface area contributed by atoms with E-state index in [1.807, 2.05) is 13.8 Å². The highest BCUT2D eigenvalue weighted by molar-refractivity contribution is 5.98. The standard InChI is InChI=1S/C11H16N4O2/c1-7(2)6-9(16)13-11-15-14-10(17-11)8-4-3-5-12-8/h6,8,12H,3-5H2,1-2H3,(H,13,15,16). The number of carbonyl (C=O) groups excluding carboxylic acids is 1. The van der Waals surface area contributed by atoms with Crippen LogP contribution in [0.1, 0.15) is 38.6 Å². The molecule has 1 unspecified atom stereocenters. The van der Waals surface area contributed by atoms with Gasteiger partial charge in [0.2, 0.25) is 5.89 Å². The van der Waals surface area contributed by atoms with Gasteiger partial charge >= 0.3 is 6.01 Å². The Hall–Kier alpha value is -1.69. The van der Waals surface area contributed by atoms with Crippen LogP contribution >= 0.6 is 0 Å². The maximum Gasteiger partial charge on any atom is 0.322 e. The van der Waals surface area contributed by atoms with Crippen LogP contribution in [0, 0.1) is 0 Å². The van der Waals surface area contributed by atoms with Crippen molar-refractivity contribution in [2.45, 2.75) is 32.7 Å². The maximum atomic E-state index is 11.4. The van der Waals surface area contributed by atoms with Gasteiger partial charge in [0.15, 0.2) is 0 Å². The van der Waals surface area contributed by atoms with Crippen molar-refractivity contribution in [1.82, 2.24) is 15.5 Å². The molecule has 1 aliphatic heterocycles. The molecular formula is C11H16N4O2. The van der Waals surface area contributed by atoms with Gasteiger partial charge in [-0.2, -0.15) is 0 Å². The number of anilines is 1. The van der Waals surface area contributed by atoms with E-state index >= 15 is 0 Å². The zero-order valence-corrected chi connectivity index (χ0v) is 9.99. The molecule has 0 radical (unpaired) electrons. The SMILES string of the molecule is CC(C)=CC(=O)Nc1nnc(C2CCCN2)o1. The zero-order valence-electron chi connectivity index (χ0n) is 9.99. The van der Waals surface area contributed by atoms with Gasteiger partial charge in [-0.15, -0.1) is 5.10 Å². The Morgan fingerprint density at radius 2 is 2.35 bits per heavy atom. The molecule has 1 aromatic rings. The second-order valence-electron chi connectivity index (χ2n) is 4.31. The normalized spacial score (nSPS) is 19.1.